The number of hydrogen-bond donors (Lipinski definition) is 1. The molecule has 0 unspecified atom stereocenters. The topological polar surface area (TPSA) is 46.0 Å². The molecule has 0 aliphatic rings. The van der Waals surface area contributed by atoms with Crippen LogP contribution in [-0.2, 0) is 0 Å². The molecule has 1 N–H and O–H groups in total. The standard InChI is InChI=1S/C15H21N3O/c1-6-16-15(18-17-7-2)13-10-8-9-12(11(3)4)14(13)19-5/h6-11,17H,2H2,1,3-5H3/b16-6?,18-15-. The van der Waals surface area contributed by atoms with Crippen molar-refractivity contribution in [1.29, 1.82) is 0 Å². The van der Waals surface area contributed by atoms with Crippen molar-refractivity contribution in [2.75, 3.05) is 7.11 Å². The van der Waals surface area contributed by atoms with Crippen molar-refractivity contribution in [3.63, 3.8) is 0 Å². The minimum atomic E-state index is 0.370. The maximum atomic E-state index is 5.54. The fourth-order valence-corrected chi connectivity index (χ4v) is 1.80. The van der Waals surface area contributed by atoms with Gasteiger partial charge < -0.3 is 4.74 Å². The zero-order valence-corrected chi connectivity index (χ0v) is 12.0. The molecular formula is C15H21N3O. The first-order valence-electron chi connectivity index (χ1n) is 6.25. The maximum Gasteiger partial charge on any atom is 0.182 e. The number of ether oxygens (including phenoxy) is 1. The Balaban J connectivity index is 3.38. The van der Waals surface area contributed by atoms with E-state index in [4.69, 9.17) is 4.74 Å². The van der Waals surface area contributed by atoms with E-state index in [1.807, 2.05) is 19.1 Å². The van der Waals surface area contributed by atoms with E-state index >= 15 is 0 Å². The molecule has 0 heterocycles. The number of benzene rings is 1. The van der Waals surface area contributed by atoms with Gasteiger partial charge in [-0.2, -0.15) is 5.10 Å². The highest BCUT2D eigenvalue weighted by atomic mass is 16.5. The lowest BCUT2D eigenvalue weighted by molar-refractivity contribution is 0.406. The van der Waals surface area contributed by atoms with E-state index in [2.05, 4.69) is 42.0 Å². The Morgan fingerprint density at radius 1 is 1.42 bits per heavy atom. The molecule has 1 aromatic carbocycles. The molecule has 0 amide bonds. The number of amidine groups is 1. The summed E-state index contributed by atoms with van der Waals surface area (Å²) in [6.45, 7) is 9.68. The van der Waals surface area contributed by atoms with E-state index in [9.17, 15) is 0 Å². The summed E-state index contributed by atoms with van der Waals surface area (Å²) >= 11 is 0. The molecule has 0 aliphatic carbocycles. The largest absolute Gasteiger partial charge is 0.496 e. The number of aliphatic imine (C=N–C) groups is 1. The molecule has 0 bridgehead atoms. The second-order valence-electron chi connectivity index (χ2n) is 4.24. The van der Waals surface area contributed by atoms with Crippen LogP contribution >= 0.6 is 0 Å². The molecular weight excluding hydrogens is 238 g/mol. The van der Waals surface area contributed by atoms with Gasteiger partial charge in [0.15, 0.2) is 5.84 Å². The van der Waals surface area contributed by atoms with E-state index in [1.165, 1.54) is 6.20 Å². The summed E-state index contributed by atoms with van der Waals surface area (Å²) in [6.07, 6.45) is 3.20. The van der Waals surface area contributed by atoms with Crippen molar-refractivity contribution in [3.8, 4) is 5.75 Å². The molecule has 0 spiro atoms. The van der Waals surface area contributed by atoms with Crippen LogP contribution in [-0.4, -0.2) is 19.2 Å². The Morgan fingerprint density at radius 2 is 2.16 bits per heavy atom. The Morgan fingerprint density at radius 3 is 2.68 bits per heavy atom. The van der Waals surface area contributed by atoms with Crippen molar-refractivity contribution in [3.05, 3.63) is 42.1 Å². The summed E-state index contributed by atoms with van der Waals surface area (Å²) in [5.41, 5.74) is 4.71. The number of hydrazone groups is 1. The van der Waals surface area contributed by atoms with Crippen molar-refractivity contribution < 1.29 is 4.74 Å². The second-order valence-corrected chi connectivity index (χ2v) is 4.24. The van der Waals surface area contributed by atoms with Crippen LogP contribution in [0.1, 0.15) is 37.8 Å². The van der Waals surface area contributed by atoms with Gasteiger partial charge in [-0.1, -0.05) is 32.6 Å². The average molecular weight is 259 g/mol. The lowest BCUT2D eigenvalue weighted by Gasteiger charge is -2.15. The first kappa shape index (κ1) is 15.0. The monoisotopic (exact) mass is 259 g/mol. The van der Waals surface area contributed by atoms with E-state index < -0.39 is 0 Å². The van der Waals surface area contributed by atoms with Crippen LogP contribution in [0.5, 0.6) is 5.75 Å². The van der Waals surface area contributed by atoms with Crippen LogP contribution in [0.4, 0.5) is 0 Å². The van der Waals surface area contributed by atoms with Crippen LogP contribution in [0.25, 0.3) is 0 Å². The van der Waals surface area contributed by atoms with Crippen molar-refractivity contribution >= 4 is 12.1 Å². The molecule has 1 rings (SSSR count). The molecule has 1 aromatic rings. The zero-order chi connectivity index (χ0) is 14.3. The minimum Gasteiger partial charge on any atom is -0.496 e. The highest BCUT2D eigenvalue weighted by molar-refractivity contribution is 6.05. The fourth-order valence-electron chi connectivity index (χ4n) is 1.80. The van der Waals surface area contributed by atoms with Gasteiger partial charge in [-0.15, -0.1) is 0 Å². The molecule has 0 radical (unpaired) electrons. The van der Waals surface area contributed by atoms with Gasteiger partial charge in [-0.3, -0.25) is 5.43 Å². The normalized spacial score (nSPS) is 11.9. The predicted octanol–water partition coefficient (Wildman–Crippen LogP) is 3.30. The number of hydrogen-bond acceptors (Lipinski definition) is 3. The van der Waals surface area contributed by atoms with E-state index in [0.29, 0.717) is 11.8 Å². The van der Waals surface area contributed by atoms with Crippen molar-refractivity contribution in [2.45, 2.75) is 26.7 Å². The smallest absolute Gasteiger partial charge is 0.182 e. The lowest BCUT2D eigenvalue weighted by atomic mass is 9.98. The minimum absolute atomic E-state index is 0.370. The van der Waals surface area contributed by atoms with Gasteiger partial charge >= 0.3 is 0 Å². The third-order valence-corrected chi connectivity index (χ3v) is 2.63. The quantitative estimate of drug-likeness (QED) is 0.501. The molecule has 0 saturated carbocycles. The Hall–Kier alpha value is -2.10. The van der Waals surface area contributed by atoms with Crippen LogP contribution in [0.2, 0.25) is 0 Å². The van der Waals surface area contributed by atoms with Crippen molar-refractivity contribution in [1.82, 2.24) is 5.43 Å². The van der Waals surface area contributed by atoms with E-state index in [-0.39, 0.29) is 0 Å². The van der Waals surface area contributed by atoms with Gasteiger partial charge in [0.25, 0.3) is 0 Å². The number of nitrogens with one attached hydrogen (secondary N) is 1. The Kier molecular flexibility index (Phi) is 5.79. The Labute approximate surface area is 114 Å². The van der Waals surface area contributed by atoms with E-state index in [1.54, 1.807) is 13.3 Å². The Bertz CT molecular complexity index is 490. The fraction of sp³-hybridized carbons (Fsp3) is 0.333. The van der Waals surface area contributed by atoms with Gasteiger partial charge in [0, 0.05) is 12.4 Å². The van der Waals surface area contributed by atoms with Gasteiger partial charge in [0.1, 0.15) is 5.75 Å². The van der Waals surface area contributed by atoms with Gasteiger partial charge in [0.05, 0.1) is 12.7 Å². The molecule has 102 valence electrons. The molecule has 0 aliphatic heterocycles. The summed E-state index contributed by atoms with van der Waals surface area (Å²) in [4.78, 5) is 4.28. The molecule has 0 fully saturated rings. The predicted molar refractivity (Wildman–Crippen MR) is 81.1 cm³/mol. The first-order valence-corrected chi connectivity index (χ1v) is 6.25. The third-order valence-electron chi connectivity index (χ3n) is 2.63. The number of rotatable bonds is 5. The molecule has 4 heteroatoms. The molecule has 19 heavy (non-hydrogen) atoms. The summed E-state index contributed by atoms with van der Waals surface area (Å²) in [5, 5.41) is 4.18. The second kappa shape index (κ2) is 7.36. The number of para-hydroxylation sites is 1. The summed E-state index contributed by atoms with van der Waals surface area (Å²) < 4.78 is 5.54. The zero-order valence-electron chi connectivity index (χ0n) is 12.0. The SMILES string of the molecule is C=CN/N=C(\N=CC)c1cccc(C(C)C)c1OC. The highest BCUT2D eigenvalue weighted by Gasteiger charge is 2.15. The van der Waals surface area contributed by atoms with Crippen LogP contribution < -0.4 is 10.2 Å². The van der Waals surface area contributed by atoms with Crippen LogP contribution in [0.3, 0.4) is 0 Å². The number of nitrogens with zero attached hydrogens (tertiary/aromatic N) is 2. The molecule has 0 atom stereocenters. The third kappa shape index (κ3) is 3.68. The lowest BCUT2D eigenvalue weighted by Crippen LogP contribution is -2.08. The molecule has 4 nitrogen and oxygen atoms in total. The van der Waals surface area contributed by atoms with Crippen molar-refractivity contribution in [2.24, 2.45) is 10.1 Å². The van der Waals surface area contributed by atoms with Gasteiger partial charge in [0.2, 0.25) is 0 Å². The maximum absolute atomic E-state index is 5.54. The van der Waals surface area contributed by atoms with Crippen LogP contribution in [0, 0.1) is 0 Å². The van der Waals surface area contributed by atoms with E-state index in [0.717, 1.165) is 16.9 Å². The summed E-state index contributed by atoms with van der Waals surface area (Å²) in [5.74, 6) is 1.75. The number of methoxy groups -OCH3 is 1. The molecule has 0 aromatic heterocycles. The first-order chi connectivity index (χ1) is 9.15. The molecule has 0 saturated heterocycles. The highest BCUT2D eigenvalue weighted by Crippen LogP contribution is 2.30. The summed E-state index contributed by atoms with van der Waals surface area (Å²) in [6, 6.07) is 5.99. The van der Waals surface area contributed by atoms with Gasteiger partial charge in [-0.25, -0.2) is 4.99 Å². The van der Waals surface area contributed by atoms with Gasteiger partial charge in [-0.05, 0) is 24.5 Å². The van der Waals surface area contributed by atoms with Crippen LogP contribution in [0.15, 0.2) is 41.1 Å². The summed E-state index contributed by atoms with van der Waals surface area (Å²) in [7, 11) is 1.67. The average Bonchev–Trinajstić information content (AvgIpc) is 2.42.